The highest BCUT2D eigenvalue weighted by Gasteiger charge is 2.18. The molecule has 0 radical (unpaired) electrons. The Labute approximate surface area is 80.5 Å². The molecule has 0 bridgehead atoms. The van der Waals surface area contributed by atoms with Crippen LogP contribution in [0.25, 0.3) is 0 Å². The number of halogens is 1. The van der Waals surface area contributed by atoms with Crippen molar-refractivity contribution >= 4 is 15.9 Å². The summed E-state index contributed by atoms with van der Waals surface area (Å²) < 4.78 is 3.29. The number of imidazole rings is 1. The van der Waals surface area contributed by atoms with Crippen LogP contribution in [0.15, 0.2) is 4.60 Å². The minimum absolute atomic E-state index is 1.00. The van der Waals surface area contributed by atoms with E-state index < -0.39 is 0 Å². The number of aryl methyl sites for hydroxylation is 1. The van der Waals surface area contributed by atoms with E-state index in [0.717, 1.165) is 30.1 Å². The number of hydrogen-bond donors (Lipinski definition) is 0. The number of fused-ring (bicyclic) bond motifs is 1. The van der Waals surface area contributed by atoms with Crippen LogP contribution in [0.2, 0.25) is 0 Å². The van der Waals surface area contributed by atoms with Gasteiger partial charge in [0.1, 0.15) is 10.4 Å². The molecule has 0 saturated carbocycles. The van der Waals surface area contributed by atoms with Gasteiger partial charge in [-0.25, -0.2) is 4.98 Å². The second kappa shape index (κ2) is 2.85. The van der Waals surface area contributed by atoms with Crippen molar-refractivity contribution < 1.29 is 0 Å². The van der Waals surface area contributed by atoms with Crippen LogP contribution in [0, 0.1) is 6.92 Å². The number of aromatic nitrogens is 2. The first kappa shape index (κ1) is 8.26. The lowest BCUT2D eigenvalue weighted by molar-refractivity contribution is 0.267. The molecule has 3 nitrogen and oxygen atoms in total. The van der Waals surface area contributed by atoms with Crippen LogP contribution in [0.4, 0.5) is 0 Å². The molecule has 0 spiro atoms. The predicted octanol–water partition coefficient (Wildman–Crippen LogP) is 1.40. The molecule has 0 amide bonds. The SMILES string of the molecule is Cc1nc(Br)c2n1CCN(C)C2. The Morgan fingerprint density at radius 1 is 1.42 bits per heavy atom. The van der Waals surface area contributed by atoms with Gasteiger partial charge in [-0.05, 0) is 29.9 Å². The highest BCUT2D eigenvalue weighted by atomic mass is 79.9. The van der Waals surface area contributed by atoms with Crippen LogP contribution in [0.1, 0.15) is 11.5 Å². The van der Waals surface area contributed by atoms with Crippen molar-refractivity contribution in [3.05, 3.63) is 16.1 Å². The summed E-state index contributed by atoms with van der Waals surface area (Å²) in [5.74, 6) is 1.12. The van der Waals surface area contributed by atoms with Crippen molar-refractivity contribution in [3.63, 3.8) is 0 Å². The van der Waals surface area contributed by atoms with E-state index in [1.165, 1.54) is 5.69 Å². The van der Waals surface area contributed by atoms with E-state index in [1.807, 2.05) is 0 Å². The van der Waals surface area contributed by atoms with Gasteiger partial charge < -0.3 is 4.57 Å². The number of likely N-dealkylation sites (N-methyl/N-ethyl adjacent to an activating group) is 1. The minimum Gasteiger partial charge on any atom is -0.329 e. The fourth-order valence-corrected chi connectivity index (χ4v) is 2.22. The number of rotatable bonds is 0. The highest BCUT2D eigenvalue weighted by molar-refractivity contribution is 9.10. The molecule has 1 aromatic heterocycles. The summed E-state index contributed by atoms with van der Waals surface area (Å²) in [4.78, 5) is 6.69. The van der Waals surface area contributed by atoms with Gasteiger partial charge in [0.2, 0.25) is 0 Å². The first-order valence-electron chi connectivity index (χ1n) is 4.08. The molecule has 1 aromatic rings. The van der Waals surface area contributed by atoms with Gasteiger partial charge in [0.05, 0.1) is 5.69 Å². The lowest BCUT2D eigenvalue weighted by Crippen LogP contribution is -2.30. The molecule has 2 heterocycles. The fourth-order valence-electron chi connectivity index (χ4n) is 1.63. The summed E-state index contributed by atoms with van der Waals surface area (Å²) >= 11 is 3.47. The van der Waals surface area contributed by atoms with Gasteiger partial charge in [-0.15, -0.1) is 0 Å². The standard InChI is InChI=1S/C8H12BrN3/c1-6-10-8(9)7-5-11(2)3-4-12(6)7/h3-5H2,1-2H3. The molecular weight excluding hydrogens is 218 g/mol. The first-order chi connectivity index (χ1) is 5.68. The van der Waals surface area contributed by atoms with E-state index in [1.54, 1.807) is 0 Å². The van der Waals surface area contributed by atoms with Crippen molar-refractivity contribution in [1.82, 2.24) is 14.5 Å². The smallest absolute Gasteiger partial charge is 0.128 e. The van der Waals surface area contributed by atoms with E-state index >= 15 is 0 Å². The Morgan fingerprint density at radius 3 is 2.92 bits per heavy atom. The second-order valence-electron chi connectivity index (χ2n) is 3.29. The first-order valence-corrected chi connectivity index (χ1v) is 4.88. The van der Waals surface area contributed by atoms with Gasteiger partial charge in [0, 0.05) is 19.6 Å². The Bertz CT molecular complexity index is 305. The molecule has 12 heavy (non-hydrogen) atoms. The average Bonchev–Trinajstić information content (AvgIpc) is 2.28. The zero-order valence-corrected chi connectivity index (χ0v) is 8.93. The number of nitrogens with zero attached hydrogens (tertiary/aromatic N) is 3. The third-order valence-corrected chi connectivity index (χ3v) is 2.97. The van der Waals surface area contributed by atoms with E-state index in [2.05, 4.69) is 44.4 Å². The predicted molar refractivity (Wildman–Crippen MR) is 51.0 cm³/mol. The average molecular weight is 230 g/mol. The van der Waals surface area contributed by atoms with Crippen LogP contribution in [0.5, 0.6) is 0 Å². The Kier molecular flexibility index (Phi) is 1.96. The van der Waals surface area contributed by atoms with Gasteiger partial charge in [0.25, 0.3) is 0 Å². The Balaban J connectivity index is 2.45. The summed E-state index contributed by atoms with van der Waals surface area (Å²) in [6, 6.07) is 0. The van der Waals surface area contributed by atoms with Gasteiger partial charge in [-0.2, -0.15) is 0 Å². The Hall–Kier alpha value is -0.350. The van der Waals surface area contributed by atoms with Crippen LogP contribution >= 0.6 is 15.9 Å². The summed E-state index contributed by atoms with van der Waals surface area (Å²) in [5.41, 5.74) is 1.31. The maximum absolute atomic E-state index is 4.38. The molecule has 4 heteroatoms. The molecule has 0 fully saturated rings. The monoisotopic (exact) mass is 229 g/mol. The zero-order valence-electron chi connectivity index (χ0n) is 7.34. The molecule has 0 aromatic carbocycles. The summed E-state index contributed by atoms with van der Waals surface area (Å²) in [6.07, 6.45) is 0. The molecule has 1 aliphatic heterocycles. The summed E-state index contributed by atoms with van der Waals surface area (Å²) in [7, 11) is 2.14. The molecule has 66 valence electrons. The second-order valence-corrected chi connectivity index (χ2v) is 4.04. The maximum Gasteiger partial charge on any atom is 0.128 e. The van der Waals surface area contributed by atoms with Gasteiger partial charge >= 0.3 is 0 Å². The van der Waals surface area contributed by atoms with Crippen molar-refractivity contribution in [2.45, 2.75) is 20.0 Å². The summed E-state index contributed by atoms with van der Waals surface area (Å²) in [5, 5.41) is 0. The van der Waals surface area contributed by atoms with Crippen molar-refractivity contribution in [2.75, 3.05) is 13.6 Å². The quantitative estimate of drug-likeness (QED) is 0.671. The zero-order chi connectivity index (χ0) is 8.72. The van der Waals surface area contributed by atoms with E-state index in [9.17, 15) is 0 Å². The Morgan fingerprint density at radius 2 is 2.17 bits per heavy atom. The van der Waals surface area contributed by atoms with Crippen molar-refractivity contribution in [1.29, 1.82) is 0 Å². The molecular formula is C8H12BrN3. The van der Waals surface area contributed by atoms with Gasteiger partial charge in [0.15, 0.2) is 0 Å². The van der Waals surface area contributed by atoms with E-state index in [-0.39, 0.29) is 0 Å². The fraction of sp³-hybridized carbons (Fsp3) is 0.625. The van der Waals surface area contributed by atoms with Crippen LogP contribution in [0.3, 0.4) is 0 Å². The molecule has 1 aliphatic rings. The van der Waals surface area contributed by atoms with Crippen molar-refractivity contribution in [2.24, 2.45) is 0 Å². The van der Waals surface area contributed by atoms with Gasteiger partial charge in [-0.1, -0.05) is 0 Å². The molecule has 0 saturated heterocycles. The third-order valence-electron chi connectivity index (χ3n) is 2.34. The summed E-state index contributed by atoms with van der Waals surface area (Å²) in [6.45, 7) is 5.24. The molecule has 0 atom stereocenters. The molecule has 2 rings (SSSR count). The van der Waals surface area contributed by atoms with Crippen LogP contribution < -0.4 is 0 Å². The number of hydrogen-bond acceptors (Lipinski definition) is 2. The third kappa shape index (κ3) is 1.19. The van der Waals surface area contributed by atoms with Crippen LogP contribution in [-0.2, 0) is 13.1 Å². The lowest BCUT2D eigenvalue weighted by atomic mass is 10.3. The molecule has 0 N–H and O–H groups in total. The largest absolute Gasteiger partial charge is 0.329 e. The molecule has 0 aliphatic carbocycles. The van der Waals surface area contributed by atoms with Crippen LogP contribution in [-0.4, -0.2) is 28.0 Å². The maximum atomic E-state index is 4.38. The molecule has 0 unspecified atom stereocenters. The topological polar surface area (TPSA) is 21.1 Å². The van der Waals surface area contributed by atoms with E-state index in [4.69, 9.17) is 0 Å². The minimum atomic E-state index is 1.00. The lowest BCUT2D eigenvalue weighted by Gasteiger charge is -2.24. The highest BCUT2D eigenvalue weighted by Crippen LogP contribution is 2.21. The normalized spacial score (nSPS) is 17.9. The van der Waals surface area contributed by atoms with E-state index in [0.29, 0.717) is 0 Å². The van der Waals surface area contributed by atoms with Gasteiger partial charge in [-0.3, -0.25) is 4.90 Å². The van der Waals surface area contributed by atoms with Crippen molar-refractivity contribution in [3.8, 4) is 0 Å².